The van der Waals surface area contributed by atoms with E-state index in [1.165, 1.54) is 4.57 Å². The van der Waals surface area contributed by atoms with Gasteiger partial charge in [-0.25, -0.2) is 22.5 Å². The molecule has 4 nitrogen and oxygen atoms in total. The van der Waals surface area contributed by atoms with E-state index in [0.717, 1.165) is 0 Å². The van der Waals surface area contributed by atoms with Crippen molar-refractivity contribution in [3.63, 3.8) is 0 Å². The molecule has 8 heteroatoms. The van der Waals surface area contributed by atoms with Gasteiger partial charge in [0, 0.05) is 17.1 Å². The predicted molar refractivity (Wildman–Crippen MR) is 95.5 cm³/mol. The van der Waals surface area contributed by atoms with Crippen LogP contribution in [0.1, 0.15) is 15.9 Å². The lowest BCUT2D eigenvalue weighted by molar-refractivity contribution is 0.0965. The molecule has 0 fully saturated rings. The Morgan fingerprint density at radius 3 is 2.59 bits per heavy atom. The van der Waals surface area contributed by atoms with Crippen molar-refractivity contribution in [1.82, 2.24) is 9.55 Å². The minimum absolute atomic E-state index is 0.115. The molecule has 3 heterocycles. The van der Waals surface area contributed by atoms with Gasteiger partial charge in [0.25, 0.3) is 5.91 Å². The number of benzene rings is 2. The number of ether oxygens (including phenoxy) is 1. The average Bonchev–Trinajstić information content (AvgIpc) is 3.31. The van der Waals surface area contributed by atoms with Gasteiger partial charge in [0.2, 0.25) is 0 Å². The van der Waals surface area contributed by atoms with E-state index < -0.39 is 35.4 Å². The number of hydrogen-bond donors (Lipinski definition) is 0. The number of carbonyl (C=O) groups excluding carboxylic acids is 1. The molecule has 0 amide bonds. The normalized spacial score (nSPS) is 12.3. The minimum atomic E-state index is -1.92. The number of pyridine rings is 1. The minimum Gasteiger partial charge on any atom is -0.487 e. The maximum atomic E-state index is 14.0. The van der Waals surface area contributed by atoms with Crippen LogP contribution in [0.25, 0.3) is 22.3 Å². The molecule has 0 unspecified atom stereocenters. The van der Waals surface area contributed by atoms with Crippen molar-refractivity contribution < 1.29 is 27.1 Å². The first-order valence-corrected chi connectivity index (χ1v) is 8.57. The molecular weight excluding hydrogens is 388 g/mol. The number of aromatic nitrogens is 2. The van der Waals surface area contributed by atoms with E-state index in [1.54, 1.807) is 42.6 Å². The highest BCUT2D eigenvalue weighted by Gasteiger charge is 2.33. The Bertz CT molecular complexity index is 1330. The van der Waals surface area contributed by atoms with Crippen LogP contribution >= 0.6 is 0 Å². The summed E-state index contributed by atoms with van der Waals surface area (Å²) in [6, 6.07) is 10.8. The highest BCUT2D eigenvalue weighted by atomic mass is 19.2. The molecule has 29 heavy (non-hydrogen) atoms. The van der Waals surface area contributed by atoms with E-state index in [0.29, 0.717) is 28.4 Å². The molecule has 0 atom stereocenters. The van der Waals surface area contributed by atoms with Crippen molar-refractivity contribution >= 4 is 16.8 Å². The fraction of sp³-hybridized carbons (Fsp3) is 0.0476. The van der Waals surface area contributed by atoms with E-state index in [1.807, 2.05) is 0 Å². The van der Waals surface area contributed by atoms with Crippen LogP contribution in [0.15, 0.2) is 48.7 Å². The van der Waals surface area contributed by atoms with E-state index in [4.69, 9.17) is 4.74 Å². The first-order valence-electron chi connectivity index (χ1n) is 8.57. The lowest BCUT2D eigenvalue weighted by atomic mass is 10.1. The lowest BCUT2D eigenvalue weighted by Gasteiger charge is -2.14. The number of rotatable bonds is 3. The number of carbonyl (C=O) groups is 1. The Labute approximate surface area is 161 Å². The van der Waals surface area contributed by atoms with E-state index in [2.05, 4.69) is 4.98 Å². The molecule has 0 aliphatic carbocycles. The second kappa shape index (κ2) is 6.16. The highest BCUT2D eigenvalue weighted by Crippen LogP contribution is 2.41. The van der Waals surface area contributed by atoms with Crippen LogP contribution in [0.2, 0.25) is 0 Å². The molecule has 0 bridgehead atoms. The predicted octanol–water partition coefficient (Wildman–Crippen LogP) is 4.84. The van der Waals surface area contributed by atoms with Gasteiger partial charge in [-0.05, 0) is 30.3 Å². The van der Waals surface area contributed by atoms with Gasteiger partial charge in [0.1, 0.15) is 23.6 Å². The third-order valence-corrected chi connectivity index (χ3v) is 4.82. The molecule has 5 rings (SSSR count). The molecule has 2 aromatic heterocycles. The van der Waals surface area contributed by atoms with Crippen molar-refractivity contribution in [2.45, 2.75) is 6.61 Å². The van der Waals surface area contributed by atoms with Crippen LogP contribution in [0, 0.1) is 23.3 Å². The molecule has 4 aromatic rings. The van der Waals surface area contributed by atoms with Gasteiger partial charge in [0.05, 0.1) is 11.2 Å². The van der Waals surface area contributed by atoms with Crippen LogP contribution in [0.4, 0.5) is 17.6 Å². The molecule has 2 aromatic carbocycles. The summed E-state index contributed by atoms with van der Waals surface area (Å²) in [5.74, 6) is -7.15. The molecule has 0 saturated heterocycles. The molecule has 1 aliphatic rings. The van der Waals surface area contributed by atoms with Crippen LogP contribution in [0.3, 0.4) is 0 Å². The molecule has 0 saturated carbocycles. The smallest absolute Gasteiger partial charge is 0.268 e. The van der Waals surface area contributed by atoms with Crippen molar-refractivity contribution in [1.29, 1.82) is 0 Å². The first-order chi connectivity index (χ1) is 14.0. The zero-order chi connectivity index (χ0) is 20.3. The van der Waals surface area contributed by atoms with Gasteiger partial charge in [-0.15, -0.1) is 0 Å². The van der Waals surface area contributed by atoms with Crippen molar-refractivity contribution in [2.24, 2.45) is 0 Å². The van der Waals surface area contributed by atoms with Gasteiger partial charge in [0.15, 0.2) is 23.3 Å². The lowest BCUT2D eigenvalue weighted by Crippen LogP contribution is -2.10. The van der Waals surface area contributed by atoms with Crippen molar-refractivity contribution in [3.8, 4) is 17.1 Å². The van der Waals surface area contributed by atoms with Crippen LogP contribution in [0.5, 0.6) is 5.75 Å². The standard InChI is InChI=1S/C21H10F4N2O2/c22-12-8-10(16(23)18(25)17(12)24)9-29-20-11-4-1-2-5-13(11)26-19-14-6-3-7-27(14)21(28)15(19)20/h1-8H,9H2. The summed E-state index contributed by atoms with van der Waals surface area (Å²) < 4.78 is 61.4. The maximum Gasteiger partial charge on any atom is 0.268 e. The van der Waals surface area contributed by atoms with E-state index in [9.17, 15) is 22.4 Å². The molecule has 0 N–H and O–H groups in total. The third-order valence-electron chi connectivity index (χ3n) is 4.82. The monoisotopic (exact) mass is 398 g/mol. The summed E-state index contributed by atoms with van der Waals surface area (Å²) in [7, 11) is 0. The SMILES string of the molecule is O=C1c2c(nc3ccccc3c2OCc2cc(F)c(F)c(F)c2F)-c2cccn21. The molecule has 0 radical (unpaired) electrons. The Morgan fingerprint density at radius 1 is 0.966 bits per heavy atom. The number of para-hydroxylation sites is 1. The Balaban J connectivity index is 1.65. The van der Waals surface area contributed by atoms with Crippen LogP contribution in [-0.2, 0) is 6.61 Å². The number of nitrogens with zero attached hydrogens (tertiary/aromatic N) is 2. The summed E-state index contributed by atoms with van der Waals surface area (Å²) in [6.07, 6.45) is 1.58. The van der Waals surface area contributed by atoms with Gasteiger partial charge >= 0.3 is 0 Å². The van der Waals surface area contributed by atoms with Crippen LogP contribution < -0.4 is 4.74 Å². The Hall–Kier alpha value is -3.68. The summed E-state index contributed by atoms with van der Waals surface area (Å²) in [4.78, 5) is 17.4. The van der Waals surface area contributed by atoms with Crippen LogP contribution in [-0.4, -0.2) is 15.5 Å². The van der Waals surface area contributed by atoms with E-state index in [-0.39, 0.29) is 17.2 Å². The average molecular weight is 398 g/mol. The summed E-state index contributed by atoms with van der Waals surface area (Å²) >= 11 is 0. The third kappa shape index (κ3) is 2.45. The van der Waals surface area contributed by atoms with Crippen molar-refractivity contribution in [2.75, 3.05) is 0 Å². The highest BCUT2D eigenvalue weighted by molar-refractivity contribution is 6.13. The number of fused-ring (bicyclic) bond motifs is 4. The Kier molecular flexibility index (Phi) is 3.70. The maximum absolute atomic E-state index is 14.0. The fourth-order valence-electron chi connectivity index (χ4n) is 3.46. The topological polar surface area (TPSA) is 44.1 Å². The van der Waals surface area contributed by atoms with Gasteiger partial charge in [-0.2, -0.15) is 0 Å². The molecular formula is C21H10F4N2O2. The molecule has 0 spiro atoms. The molecule has 1 aliphatic heterocycles. The molecule has 144 valence electrons. The van der Waals surface area contributed by atoms with Gasteiger partial charge < -0.3 is 4.74 Å². The quantitative estimate of drug-likeness (QED) is 0.248. The number of halogens is 4. The fourth-order valence-corrected chi connectivity index (χ4v) is 3.46. The zero-order valence-corrected chi connectivity index (χ0v) is 14.5. The summed E-state index contributed by atoms with van der Waals surface area (Å²) in [6.45, 7) is -0.609. The second-order valence-corrected chi connectivity index (χ2v) is 6.50. The first kappa shape index (κ1) is 17.4. The summed E-state index contributed by atoms with van der Waals surface area (Å²) in [5.41, 5.74) is 1.15. The van der Waals surface area contributed by atoms with E-state index >= 15 is 0 Å². The van der Waals surface area contributed by atoms with Gasteiger partial charge in [-0.1, -0.05) is 12.1 Å². The Morgan fingerprint density at radius 2 is 1.76 bits per heavy atom. The second-order valence-electron chi connectivity index (χ2n) is 6.50. The zero-order valence-electron chi connectivity index (χ0n) is 14.5. The van der Waals surface area contributed by atoms with Gasteiger partial charge in [-0.3, -0.25) is 9.36 Å². The number of hydrogen-bond acceptors (Lipinski definition) is 3. The summed E-state index contributed by atoms with van der Waals surface area (Å²) in [5, 5.41) is 0.480. The van der Waals surface area contributed by atoms with Crippen molar-refractivity contribution in [3.05, 3.63) is 83.1 Å². The largest absolute Gasteiger partial charge is 0.487 e.